The first kappa shape index (κ1) is 11.2. The number of nitriles is 1. The molecule has 2 aromatic rings. The molecule has 0 unspecified atom stereocenters. The van der Waals surface area contributed by atoms with E-state index in [0.29, 0.717) is 5.82 Å². The molecule has 17 heavy (non-hydrogen) atoms. The first-order valence-electron chi connectivity index (χ1n) is 5.37. The average Bonchev–Trinajstić information content (AvgIpc) is 2.84. The maximum Gasteiger partial charge on any atom is 0.212 e. The van der Waals surface area contributed by atoms with Crippen LogP contribution < -0.4 is 4.74 Å². The van der Waals surface area contributed by atoms with Crippen molar-refractivity contribution < 1.29 is 4.74 Å². The molecular weight excluding hydrogens is 214 g/mol. The molecule has 0 saturated heterocycles. The van der Waals surface area contributed by atoms with Gasteiger partial charge < -0.3 is 9.30 Å². The predicted molar refractivity (Wildman–Crippen MR) is 63.6 cm³/mol. The van der Waals surface area contributed by atoms with E-state index in [2.05, 4.69) is 11.1 Å². The van der Waals surface area contributed by atoms with E-state index in [1.807, 2.05) is 35.0 Å². The van der Waals surface area contributed by atoms with Crippen molar-refractivity contribution in [3.63, 3.8) is 0 Å². The van der Waals surface area contributed by atoms with E-state index in [4.69, 9.17) is 10.00 Å². The number of aromatic nitrogens is 2. The monoisotopic (exact) mass is 227 g/mol. The Morgan fingerprint density at radius 2 is 2.12 bits per heavy atom. The third kappa shape index (κ3) is 2.64. The van der Waals surface area contributed by atoms with Crippen molar-refractivity contribution in [3.05, 3.63) is 48.0 Å². The van der Waals surface area contributed by atoms with Crippen molar-refractivity contribution in [2.24, 2.45) is 0 Å². The van der Waals surface area contributed by atoms with Gasteiger partial charge in [-0.25, -0.2) is 4.98 Å². The summed E-state index contributed by atoms with van der Waals surface area (Å²) in [6.07, 6.45) is 4.34. The summed E-state index contributed by atoms with van der Waals surface area (Å²) >= 11 is 0. The number of hydrogen-bond donors (Lipinski definition) is 0. The second-order valence-corrected chi connectivity index (χ2v) is 3.65. The molecule has 2 rings (SSSR count). The van der Waals surface area contributed by atoms with Crippen LogP contribution in [-0.4, -0.2) is 16.7 Å². The topological polar surface area (TPSA) is 50.8 Å². The summed E-state index contributed by atoms with van der Waals surface area (Å²) in [5.74, 6) is 1.31. The molecule has 1 heterocycles. The summed E-state index contributed by atoms with van der Waals surface area (Å²) in [6, 6.07) is 10.00. The van der Waals surface area contributed by atoms with Crippen LogP contribution in [-0.2, 0) is 13.0 Å². The van der Waals surface area contributed by atoms with E-state index in [0.717, 1.165) is 18.7 Å². The highest BCUT2D eigenvalue weighted by molar-refractivity contribution is 5.27. The zero-order chi connectivity index (χ0) is 12.1. The Morgan fingerprint density at radius 1 is 1.35 bits per heavy atom. The van der Waals surface area contributed by atoms with Crippen LogP contribution in [0, 0.1) is 11.3 Å². The van der Waals surface area contributed by atoms with Crippen molar-refractivity contribution in [3.8, 4) is 11.8 Å². The molecule has 0 spiro atoms. The van der Waals surface area contributed by atoms with Crippen molar-refractivity contribution >= 4 is 0 Å². The number of ether oxygens (including phenoxy) is 1. The summed E-state index contributed by atoms with van der Waals surface area (Å²) < 4.78 is 6.95. The SMILES string of the molecule is COc1ccc(CCn2ccnc2C#N)cc1. The lowest BCUT2D eigenvalue weighted by Gasteiger charge is -2.05. The van der Waals surface area contributed by atoms with E-state index in [1.54, 1.807) is 13.3 Å². The zero-order valence-corrected chi connectivity index (χ0v) is 9.63. The number of methoxy groups -OCH3 is 1. The second kappa shape index (κ2) is 5.17. The summed E-state index contributed by atoms with van der Waals surface area (Å²) in [7, 11) is 1.65. The van der Waals surface area contributed by atoms with Crippen molar-refractivity contribution in [1.29, 1.82) is 5.26 Å². The van der Waals surface area contributed by atoms with E-state index >= 15 is 0 Å². The number of nitrogens with zero attached hydrogens (tertiary/aromatic N) is 3. The minimum atomic E-state index is 0.457. The molecule has 0 fully saturated rings. The maximum atomic E-state index is 8.82. The van der Waals surface area contributed by atoms with Crippen LogP contribution >= 0.6 is 0 Å². The van der Waals surface area contributed by atoms with Gasteiger partial charge in [0.1, 0.15) is 11.8 Å². The van der Waals surface area contributed by atoms with Crippen molar-refractivity contribution in [1.82, 2.24) is 9.55 Å². The van der Waals surface area contributed by atoms with Gasteiger partial charge in [0.25, 0.3) is 0 Å². The van der Waals surface area contributed by atoms with Crippen LogP contribution in [0.5, 0.6) is 5.75 Å². The van der Waals surface area contributed by atoms with Crippen LogP contribution in [0.1, 0.15) is 11.4 Å². The number of aryl methyl sites for hydroxylation is 2. The van der Waals surface area contributed by atoms with Crippen LogP contribution in [0.4, 0.5) is 0 Å². The molecule has 0 radical (unpaired) electrons. The summed E-state index contributed by atoms with van der Waals surface area (Å²) in [6.45, 7) is 0.759. The Morgan fingerprint density at radius 3 is 2.76 bits per heavy atom. The van der Waals surface area contributed by atoms with Gasteiger partial charge in [0.2, 0.25) is 5.82 Å². The maximum absolute atomic E-state index is 8.82. The number of imidazole rings is 1. The van der Waals surface area contributed by atoms with Gasteiger partial charge in [0.05, 0.1) is 7.11 Å². The Balaban J connectivity index is 2.00. The van der Waals surface area contributed by atoms with E-state index < -0.39 is 0 Å². The minimum absolute atomic E-state index is 0.457. The lowest BCUT2D eigenvalue weighted by atomic mass is 10.1. The predicted octanol–water partition coefficient (Wildman–Crippen LogP) is 2.01. The van der Waals surface area contributed by atoms with Crippen molar-refractivity contribution in [2.75, 3.05) is 7.11 Å². The Labute approximate surface area is 100 Å². The van der Waals surface area contributed by atoms with Crippen LogP contribution in [0.25, 0.3) is 0 Å². The third-order valence-corrected chi connectivity index (χ3v) is 2.62. The molecule has 0 N–H and O–H groups in total. The third-order valence-electron chi connectivity index (χ3n) is 2.62. The van der Waals surface area contributed by atoms with Gasteiger partial charge in [0.15, 0.2) is 0 Å². The zero-order valence-electron chi connectivity index (χ0n) is 9.63. The largest absolute Gasteiger partial charge is 0.497 e. The van der Waals surface area contributed by atoms with Gasteiger partial charge >= 0.3 is 0 Å². The molecule has 0 atom stereocenters. The Kier molecular flexibility index (Phi) is 3.41. The normalized spacial score (nSPS) is 9.88. The fraction of sp³-hybridized carbons (Fsp3) is 0.231. The molecule has 1 aromatic carbocycles. The van der Waals surface area contributed by atoms with Crippen LogP contribution in [0.2, 0.25) is 0 Å². The summed E-state index contributed by atoms with van der Waals surface area (Å²) in [5.41, 5.74) is 1.21. The molecule has 0 aliphatic carbocycles. The molecular formula is C13H13N3O. The van der Waals surface area contributed by atoms with Gasteiger partial charge in [0, 0.05) is 18.9 Å². The molecule has 0 aliphatic rings. The lowest BCUT2D eigenvalue weighted by Crippen LogP contribution is -2.02. The molecule has 1 aromatic heterocycles. The molecule has 0 bridgehead atoms. The van der Waals surface area contributed by atoms with Gasteiger partial charge in [-0.1, -0.05) is 12.1 Å². The highest BCUT2D eigenvalue weighted by Crippen LogP contribution is 2.12. The van der Waals surface area contributed by atoms with Gasteiger partial charge in [-0.2, -0.15) is 5.26 Å². The van der Waals surface area contributed by atoms with E-state index in [1.165, 1.54) is 5.56 Å². The molecule has 0 aliphatic heterocycles. The molecule has 86 valence electrons. The quantitative estimate of drug-likeness (QED) is 0.802. The molecule has 0 amide bonds. The molecule has 4 nitrogen and oxygen atoms in total. The highest BCUT2D eigenvalue weighted by Gasteiger charge is 2.01. The van der Waals surface area contributed by atoms with Crippen molar-refractivity contribution in [2.45, 2.75) is 13.0 Å². The summed E-state index contributed by atoms with van der Waals surface area (Å²) in [5, 5.41) is 8.82. The summed E-state index contributed by atoms with van der Waals surface area (Å²) in [4.78, 5) is 3.96. The fourth-order valence-corrected chi connectivity index (χ4v) is 1.64. The van der Waals surface area contributed by atoms with E-state index in [-0.39, 0.29) is 0 Å². The smallest absolute Gasteiger partial charge is 0.212 e. The second-order valence-electron chi connectivity index (χ2n) is 3.65. The number of rotatable bonds is 4. The lowest BCUT2D eigenvalue weighted by molar-refractivity contribution is 0.414. The molecule has 4 heteroatoms. The number of hydrogen-bond acceptors (Lipinski definition) is 3. The van der Waals surface area contributed by atoms with Gasteiger partial charge in [-0.3, -0.25) is 0 Å². The Hall–Kier alpha value is -2.28. The first-order chi connectivity index (χ1) is 8.33. The first-order valence-corrected chi connectivity index (χ1v) is 5.37. The van der Waals surface area contributed by atoms with Gasteiger partial charge in [-0.05, 0) is 24.1 Å². The van der Waals surface area contributed by atoms with Crippen LogP contribution in [0.15, 0.2) is 36.7 Å². The number of benzene rings is 1. The van der Waals surface area contributed by atoms with Crippen LogP contribution in [0.3, 0.4) is 0 Å². The highest BCUT2D eigenvalue weighted by atomic mass is 16.5. The fourth-order valence-electron chi connectivity index (χ4n) is 1.64. The molecule has 0 saturated carbocycles. The average molecular weight is 227 g/mol. The standard InChI is InChI=1S/C13H13N3O/c1-17-12-4-2-11(3-5-12)6-8-16-9-7-15-13(16)10-14/h2-5,7,9H,6,8H2,1H3. The minimum Gasteiger partial charge on any atom is -0.497 e. The Bertz CT molecular complexity index is 522. The van der Waals surface area contributed by atoms with E-state index in [9.17, 15) is 0 Å². The van der Waals surface area contributed by atoms with Gasteiger partial charge in [-0.15, -0.1) is 0 Å².